The van der Waals surface area contributed by atoms with Crippen molar-refractivity contribution in [2.45, 2.75) is 13.3 Å². The molecule has 0 spiro atoms. The van der Waals surface area contributed by atoms with Crippen molar-refractivity contribution in [3.05, 3.63) is 85.4 Å². The second kappa shape index (κ2) is 7.74. The summed E-state index contributed by atoms with van der Waals surface area (Å²) >= 11 is 1.14. The third-order valence-electron chi connectivity index (χ3n) is 4.08. The number of ether oxygens (including phenoxy) is 1. The van der Waals surface area contributed by atoms with Crippen LogP contribution >= 0.6 is 11.3 Å². The Hall–Kier alpha value is -3.32. The van der Waals surface area contributed by atoms with E-state index in [0.717, 1.165) is 29.1 Å². The number of fused-ring (bicyclic) bond motifs is 1. The molecule has 0 saturated carbocycles. The second-order valence-corrected chi connectivity index (χ2v) is 7.17. The van der Waals surface area contributed by atoms with Gasteiger partial charge in [0.05, 0.1) is 11.1 Å². The van der Waals surface area contributed by atoms with Crippen LogP contribution in [0.4, 0.5) is 0 Å². The summed E-state index contributed by atoms with van der Waals surface area (Å²) in [5.41, 5.74) is 0.913. The van der Waals surface area contributed by atoms with E-state index < -0.39 is 5.56 Å². The van der Waals surface area contributed by atoms with Crippen LogP contribution in [-0.4, -0.2) is 21.2 Å². The van der Waals surface area contributed by atoms with E-state index in [4.69, 9.17) is 4.74 Å². The molecule has 0 N–H and O–H groups in total. The molecule has 0 amide bonds. The molecule has 2 aromatic carbocycles. The van der Waals surface area contributed by atoms with E-state index in [1.165, 1.54) is 4.52 Å². The van der Waals surface area contributed by atoms with Gasteiger partial charge in [-0.15, -0.1) is 0 Å². The number of hydrogen-bond acceptors (Lipinski definition) is 6. The predicted molar refractivity (Wildman–Crippen MR) is 110 cm³/mol. The second-order valence-electron chi connectivity index (χ2n) is 6.16. The molecule has 7 heteroatoms. The monoisotopic (exact) mass is 391 g/mol. The van der Waals surface area contributed by atoms with Crippen molar-refractivity contribution in [1.82, 2.24) is 14.6 Å². The molecule has 0 saturated heterocycles. The average molecular weight is 391 g/mol. The first-order valence-electron chi connectivity index (χ1n) is 8.89. The van der Waals surface area contributed by atoms with Crippen molar-refractivity contribution in [1.29, 1.82) is 0 Å². The zero-order valence-corrected chi connectivity index (χ0v) is 16.0. The molecular weight excluding hydrogens is 374 g/mol. The zero-order chi connectivity index (χ0) is 19.5. The predicted octanol–water partition coefficient (Wildman–Crippen LogP) is 2.51. The van der Waals surface area contributed by atoms with Crippen molar-refractivity contribution in [2.24, 2.45) is 0 Å². The Morgan fingerprint density at radius 1 is 1.07 bits per heavy atom. The van der Waals surface area contributed by atoms with Crippen LogP contribution in [0, 0.1) is 0 Å². The van der Waals surface area contributed by atoms with Crippen LogP contribution in [0.2, 0.25) is 0 Å². The van der Waals surface area contributed by atoms with Crippen molar-refractivity contribution in [2.75, 3.05) is 6.61 Å². The molecule has 0 fully saturated rings. The fraction of sp³-hybridized carbons (Fsp3) is 0.143. The van der Waals surface area contributed by atoms with Gasteiger partial charge in [-0.05, 0) is 30.2 Å². The fourth-order valence-electron chi connectivity index (χ4n) is 2.72. The van der Waals surface area contributed by atoms with Crippen LogP contribution in [0.25, 0.3) is 22.3 Å². The molecule has 0 bridgehead atoms. The quantitative estimate of drug-likeness (QED) is 0.523. The van der Waals surface area contributed by atoms with Crippen LogP contribution in [0.5, 0.6) is 5.75 Å². The first kappa shape index (κ1) is 18.1. The lowest BCUT2D eigenvalue weighted by Gasteiger charge is -2.03. The SMILES string of the molecule is CCCOc1ccc(/C=c2/sc3nc(=O)c(-c4ccccc4)nn3c2=O)cc1. The molecule has 0 atom stereocenters. The molecule has 0 aliphatic heterocycles. The van der Waals surface area contributed by atoms with Gasteiger partial charge in [0, 0.05) is 5.56 Å². The molecule has 4 aromatic rings. The molecule has 0 unspecified atom stereocenters. The summed E-state index contributed by atoms with van der Waals surface area (Å²) < 4.78 is 7.23. The Bertz CT molecular complexity index is 1280. The zero-order valence-electron chi connectivity index (χ0n) is 15.2. The number of benzene rings is 2. The third-order valence-corrected chi connectivity index (χ3v) is 5.04. The Balaban J connectivity index is 1.77. The Labute approximate surface area is 164 Å². The van der Waals surface area contributed by atoms with Crippen LogP contribution in [-0.2, 0) is 0 Å². The number of thiazole rings is 1. The van der Waals surface area contributed by atoms with E-state index >= 15 is 0 Å². The topological polar surface area (TPSA) is 73.6 Å². The van der Waals surface area contributed by atoms with E-state index in [-0.39, 0.29) is 16.2 Å². The molecule has 4 rings (SSSR count). The van der Waals surface area contributed by atoms with E-state index in [9.17, 15) is 9.59 Å². The van der Waals surface area contributed by atoms with Crippen molar-refractivity contribution < 1.29 is 4.74 Å². The van der Waals surface area contributed by atoms with Gasteiger partial charge in [-0.1, -0.05) is 60.7 Å². The summed E-state index contributed by atoms with van der Waals surface area (Å²) in [5.74, 6) is 0.791. The summed E-state index contributed by atoms with van der Waals surface area (Å²) in [7, 11) is 0. The van der Waals surface area contributed by atoms with Gasteiger partial charge >= 0.3 is 5.56 Å². The maximum absolute atomic E-state index is 12.7. The molecule has 2 aromatic heterocycles. The van der Waals surface area contributed by atoms with E-state index in [2.05, 4.69) is 17.0 Å². The highest BCUT2D eigenvalue weighted by molar-refractivity contribution is 7.15. The van der Waals surface area contributed by atoms with Crippen molar-refractivity contribution in [3.8, 4) is 17.0 Å². The molecule has 2 heterocycles. The third kappa shape index (κ3) is 3.57. The minimum Gasteiger partial charge on any atom is -0.494 e. The van der Waals surface area contributed by atoms with Gasteiger partial charge in [-0.2, -0.15) is 14.6 Å². The Morgan fingerprint density at radius 2 is 1.82 bits per heavy atom. The average Bonchev–Trinajstić information content (AvgIpc) is 3.02. The van der Waals surface area contributed by atoms with Crippen LogP contribution in [0.1, 0.15) is 18.9 Å². The molecule has 0 aliphatic rings. The summed E-state index contributed by atoms with van der Waals surface area (Å²) in [6.07, 6.45) is 2.71. The number of hydrogen-bond donors (Lipinski definition) is 0. The molecule has 140 valence electrons. The van der Waals surface area contributed by atoms with E-state index in [1.807, 2.05) is 42.5 Å². The van der Waals surface area contributed by atoms with Crippen LogP contribution in [0.15, 0.2) is 64.2 Å². The summed E-state index contributed by atoms with van der Waals surface area (Å²) in [6.45, 7) is 2.72. The van der Waals surface area contributed by atoms with E-state index in [1.54, 1.807) is 18.2 Å². The lowest BCUT2D eigenvalue weighted by Crippen LogP contribution is -2.26. The first-order chi connectivity index (χ1) is 13.7. The number of aromatic nitrogens is 3. The molecule has 28 heavy (non-hydrogen) atoms. The lowest BCUT2D eigenvalue weighted by atomic mass is 10.2. The lowest BCUT2D eigenvalue weighted by molar-refractivity contribution is 0.317. The smallest absolute Gasteiger partial charge is 0.300 e. The minimum absolute atomic E-state index is 0.164. The van der Waals surface area contributed by atoms with Crippen LogP contribution < -0.4 is 20.4 Å². The van der Waals surface area contributed by atoms with Gasteiger partial charge in [-0.25, -0.2) is 0 Å². The maximum atomic E-state index is 12.7. The standard InChI is InChI=1S/C21H17N3O3S/c1-2-12-27-16-10-8-14(9-11-16)13-17-20(26)24-21(28-17)22-19(25)18(23-24)15-6-4-3-5-7-15/h3-11,13H,2,12H2,1H3/b17-13+. The normalized spacial score (nSPS) is 11.8. The fourth-order valence-corrected chi connectivity index (χ4v) is 3.62. The van der Waals surface area contributed by atoms with Gasteiger partial charge in [0.1, 0.15) is 5.75 Å². The minimum atomic E-state index is -0.448. The Kier molecular flexibility index (Phi) is 4.99. The maximum Gasteiger partial charge on any atom is 0.300 e. The van der Waals surface area contributed by atoms with Gasteiger partial charge in [0.2, 0.25) is 4.96 Å². The molecule has 0 aliphatic carbocycles. The highest BCUT2D eigenvalue weighted by Crippen LogP contribution is 2.14. The highest BCUT2D eigenvalue weighted by atomic mass is 32.1. The van der Waals surface area contributed by atoms with Gasteiger partial charge < -0.3 is 4.74 Å². The molecular formula is C21H17N3O3S. The molecule has 0 radical (unpaired) electrons. The molecule has 6 nitrogen and oxygen atoms in total. The summed E-state index contributed by atoms with van der Waals surface area (Å²) in [4.78, 5) is 29.4. The van der Waals surface area contributed by atoms with Crippen LogP contribution in [0.3, 0.4) is 0 Å². The number of rotatable bonds is 5. The Morgan fingerprint density at radius 3 is 2.54 bits per heavy atom. The van der Waals surface area contributed by atoms with Gasteiger partial charge in [-0.3, -0.25) is 9.59 Å². The largest absolute Gasteiger partial charge is 0.494 e. The summed E-state index contributed by atoms with van der Waals surface area (Å²) in [6, 6.07) is 16.5. The van der Waals surface area contributed by atoms with Gasteiger partial charge in [0.15, 0.2) is 5.69 Å². The summed E-state index contributed by atoms with van der Waals surface area (Å²) in [5, 5.41) is 4.25. The highest BCUT2D eigenvalue weighted by Gasteiger charge is 2.12. The number of nitrogens with zero attached hydrogens (tertiary/aromatic N) is 3. The van der Waals surface area contributed by atoms with Crippen molar-refractivity contribution in [3.63, 3.8) is 0 Å². The van der Waals surface area contributed by atoms with Crippen molar-refractivity contribution >= 4 is 22.4 Å². The van der Waals surface area contributed by atoms with E-state index in [0.29, 0.717) is 16.7 Å². The van der Waals surface area contributed by atoms with Gasteiger partial charge in [0.25, 0.3) is 5.56 Å². The first-order valence-corrected chi connectivity index (χ1v) is 9.71.